The molecule has 0 aliphatic heterocycles. The Morgan fingerprint density at radius 2 is 0.941 bits per heavy atom. The zero-order chi connectivity index (χ0) is 44.4. The predicted octanol–water partition coefficient (Wildman–Crippen LogP) is 14.1. The quantitative estimate of drug-likeness (QED) is 0.164. The van der Waals surface area contributed by atoms with Gasteiger partial charge < -0.3 is 4.90 Å². The van der Waals surface area contributed by atoms with E-state index in [0.29, 0.717) is 27.6 Å². The molecule has 0 aliphatic carbocycles. The Balaban J connectivity index is 1.40. The third-order valence-electron chi connectivity index (χ3n) is 8.87. The molecule has 0 radical (unpaired) electrons. The Kier molecular flexibility index (Phi) is 5.24. The van der Waals surface area contributed by atoms with Crippen molar-refractivity contribution in [3.63, 3.8) is 0 Å². The van der Waals surface area contributed by atoms with Gasteiger partial charge in [-0.2, -0.15) is 0 Å². The van der Waals surface area contributed by atoms with E-state index in [1.165, 1.54) is 0 Å². The van der Waals surface area contributed by atoms with Gasteiger partial charge >= 0.3 is 0 Å². The van der Waals surface area contributed by atoms with Crippen LogP contribution in [0.4, 0.5) is 17.1 Å². The van der Waals surface area contributed by atoms with Crippen LogP contribution in [0.2, 0.25) is 0 Å². The Morgan fingerprint density at radius 1 is 0.353 bits per heavy atom. The van der Waals surface area contributed by atoms with Crippen molar-refractivity contribution in [1.29, 1.82) is 0 Å². The summed E-state index contributed by atoms with van der Waals surface area (Å²) >= 11 is 0. The normalized spacial score (nSPS) is 14.4. The summed E-state index contributed by atoms with van der Waals surface area (Å²) in [5.74, 6) is 0. The van der Waals surface area contributed by atoms with Crippen molar-refractivity contribution < 1.29 is 16.4 Å². The molecule has 0 unspecified atom stereocenters. The second-order valence-electron chi connectivity index (χ2n) is 12.0. The van der Waals surface area contributed by atoms with Crippen molar-refractivity contribution in [3.05, 3.63) is 212 Å². The molecule has 0 spiro atoms. The molecule has 0 saturated carbocycles. The van der Waals surface area contributed by atoms with Gasteiger partial charge in [-0.3, -0.25) is 0 Å². The van der Waals surface area contributed by atoms with Crippen molar-refractivity contribution in [2.45, 2.75) is 0 Å². The largest absolute Gasteiger partial charge is 0.310 e. The summed E-state index contributed by atoms with van der Waals surface area (Å²) in [6, 6.07) is 34.6. The molecule has 0 atom stereocenters. The SMILES string of the molecule is [2H]c1c([2H])c(-c2ccc3ccccc3c2)c([2H])c(N(c2c([2H])c([2H])c(-c3ccccc3)c([2H])c2[2H])c2c([2H])c([2H])c(-c3c(-c4ccccc4)ccc4ccccc34)c([2H])c2[2H])c1[2H]. The van der Waals surface area contributed by atoms with E-state index >= 15 is 0 Å². The van der Waals surface area contributed by atoms with Gasteiger partial charge in [-0.1, -0.05) is 170 Å². The first-order valence-corrected chi connectivity index (χ1v) is 16.5. The minimum atomic E-state index is -0.722. The van der Waals surface area contributed by atoms with E-state index in [-0.39, 0.29) is 16.7 Å². The molecule has 0 saturated heterocycles. The first kappa shape index (κ1) is 20.1. The second-order valence-corrected chi connectivity index (χ2v) is 12.0. The van der Waals surface area contributed by atoms with Crippen LogP contribution < -0.4 is 4.90 Å². The predicted molar refractivity (Wildman–Crippen MR) is 218 cm³/mol. The van der Waals surface area contributed by atoms with Crippen LogP contribution in [0.3, 0.4) is 0 Å². The van der Waals surface area contributed by atoms with E-state index in [0.717, 1.165) is 26.6 Å². The lowest BCUT2D eigenvalue weighted by molar-refractivity contribution is 1.28. The number of anilines is 3. The van der Waals surface area contributed by atoms with Gasteiger partial charge in [-0.05, 0) is 108 Å². The van der Waals surface area contributed by atoms with Gasteiger partial charge in [-0.25, -0.2) is 0 Å². The molecule has 9 aromatic carbocycles. The van der Waals surface area contributed by atoms with Crippen LogP contribution in [-0.2, 0) is 0 Å². The standard InChI is InChI=1S/C50H35N/c1-3-12-36(13-4-1)38-24-29-45(30-25-38)51(47-20-11-19-43(35-47)44-23-22-37-14-7-8-18-42(37)34-44)46-31-26-41(27-32-46)50-48-21-10-9-17-40(48)28-33-49(50)39-15-5-2-6-16-39/h1-35H/i11D,19D,20D,24D,25D,26D,27D,29D,30D,31D,32D,35D. The molecule has 0 bridgehead atoms. The minimum absolute atomic E-state index is 0.0367. The molecule has 1 heteroatoms. The summed E-state index contributed by atoms with van der Waals surface area (Å²) in [6.45, 7) is 0. The molecule has 0 aromatic heterocycles. The number of hydrogen-bond donors (Lipinski definition) is 0. The summed E-state index contributed by atoms with van der Waals surface area (Å²) in [7, 11) is 0. The van der Waals surface area contributed by atoms with Gasteiger partial charge in [-0.15, -0.1) is 0 Å². The smallest absolute Gasteiger partial charge is 0.0651 e. The molecule has 0 heterocycles. The number of fused-ring (bicyclic) bond motifs is 2. The van der Waals surface area contributed by atoms with Gasteiger partial charge in [0.15, 0.2) is 0 Å². The van der Waals surface area contributed by atoms with Crippen molar-refractivity contribution >= 4 is 38.6 Å². The van der Waals surface area contributed by atoms with Crippen LogP contribution in [-0.4, -0.2) is 0 Å². The summed E-state index contributed by atoms with van der Waals surface area (Å²) in [5.41, 5.74) is 0.760. The third-order valence-corrected chi connectivity index (χ3v) is 8.87. The van der Waals surface area contributed by atoms with Crippen LogP contribution in [0.1, 0.15) is 16.4 Å². The zero-order valence-electron chi connectivity index (χ0n) is 39.2. The van der Waals surface area contributed by atoms with E-state index in [4.69, 9.17) is 2.74 Å². The number of rotatable bonds is 7. The van der Waals surface area contributed by atoms with Gasteiger partial charge in [0.1, 0.15) is 0 Å². The molecular formula is C50H35N. The molecule has 0 aliphatic rings. The highest BCUT2D eigenvalue weighted by Crippen LogP contribution is 2.42. The van der Waals surface area contributed by atoms with Crippen molar-refractivity contribution in [1.82, 2.24) is 0 Å². The molecule has 240 valence electrons. The fourth-order valence-corrected chi connectivity index (χ4v) is 6.38. The number of benzene rings is 9. The Labute approximate surface area is 316 Å². The zero-order valence-corrected chi connectivity index (χ0v) is 27.2. The average Bonchev–Trinajstić information content (AvgIpc) is 3.30. The van der Waals surface area contributed by atoms with Crippen LogP contribution >= 0.6 is 0 Å². The highest BCUT2D eigenvalue weighted by atomic mass is 15.1. The molecular weight excluding hydrogens is 615 g/mol. The maximum Gasteiger partial charge on any atom is 0.0651 e. The van der Waals surface area contributed by atoms with Crippen molar-refractivity contribution in [2.24, 2.45) is 0 Å². The maximum atomic E-state index is 9.77. The van der Waals surface area contributed by atoms with Crippen LogP contribution in [0, 0.1) is 0 Å². The molecule has 51 heavy (non-hydrogen) atoms. The molecule has 1 nitrogen and oxygen atoms in total. The van der Waals surface area contributed by atoms with Gasteiger partial charge in [0.05, 0.1) is 16.4 Å². The fourth-order valence-electron chi connectivity index (χ4n) is 6.38. The minimum Gasteiger partial charge on any atom is -0.310 e. The highest BCUT2D eigenvalue weighted by Gasteiger charge is 2.17. The second kappa shape index (κ2) is 13.3. The first-order valence-electron chi connectivity index (χ1n) is 22.5. The van der Waals surface area contributed by atoms with Crippen LogP contribution in [0.15, 0.2) is 212 Å². The molecule has 0 N–H and O–H groups in total. The first-order chi connectivity index (χ1) is 30.3. The van der Waals surface area contributed by atoms with Gasteiger partial charge in [0, 0.05) is 17.1 Å². The Hall–Kier alpha value is -6.70. The summed E-state index contributed by atoms with van der Waals surface area (Å²) in [4.78, 5) is 0.897. The van der Waals surface area contributed by atoms with Crippen molar-refractivity contribution in [3.8, 4) is 44.5 Å². The van der Waals surface area contributed by atoms with Crippen LogP contribution in [0.5, 0.6) is 0 Å². The van der Waals surface area contributed by atoms with Crippen molar-refractivity contribution in [2.75, 3.05) is 4.90 Å². The lowest BCUT2D eigenvalue weighted by atomic mass is 9.89. The summed E-state index contributed by atoms with van der Waals surface area (Å²) < 4.78 is 114. The topological polar surface area (TPSA) is 3.24 Å². The molecule has 9 rings (SSSR count). The molecule has 9 aromatic rings. The third kappa shape index (κ3) is 5.96. The number of nitrogens with zero attached hydrogens (tertiary/aromatic N) is 1. The lowest BCUT2D eigenvalue weighted by Crippen LogP contribution is -2.10. The molecule has 0 fully saturated rings. The average molecular weight is 662 g/mol. The maximum absolute atomic E-state index is 9.77. The molecule has 0 amide bonds. The Bertz CT molecular complexity index is 3260. The van der Waals surface area contributed by atoms with Gasteiger partial charge in [0.2, 0.25) is 0 Å². The number of hydrogen-bond acceptors (Lipinski definition) is 1. The lowest BCUT2D eigenvalue weighted by Gasteiger charge is -2.27. The van der Waals surface area contributed by atoms with E-state index < -0.39 is 89.6 Å². The van der Waals surface area contributed by atoms with Gasteiger partial charge in [0.25, 0.3) is 0 Å². The van der Waals surface area contributed by atoms with Crippen LogP contribution in [0.25, 0.3) is 66.1 Å². The monoisotopic (exact) mass is 661 g/mol. The van der Waals surface area contributed by atoms with E-state index in [2.05, 4.69) is 0 Å². The van der Waals surface area contributed by atoms with E-state index in [1.54, 1.807) is 48.5 Å². The summed E-state index contributed by atoms with van der Waals surface area (Å²) in [6.07, 6.45) is 0. The van der Waals surface area contributed by atoms with E-state index in [9.17, 15) is 13.7 Å². The summed E-state index contributed by atoms with van der Waals surface area (Å²) in [5, 5.41) is 3.08. The van der Waals surface area contributed by atoms with E-state index in [1.807, 2.05) is 91.0 Å². The Morgan fingerprint density at radius 3 is 1.67 bits per heavy atom. The fraction of sp³-hybridized carbons (Fsp3) is 0. The highest BCUT2D eigenvalue weighted by molar-refractivity contribution is 6.04.